The molecule has 0 unspecified atom stereocenters. The summed E-state index contributed by atoms with van der Waals surface area (Å²) in [5.41, 5.74) is 3.98. The van der Waals surface area contributed by atoms with Gasteiger partial charge in [-0.05, 0) is 68.9 Å². The van der Waals surface area contributed by atoms with E-state index < -0.39 is 5.41 Å². The number of carbonyl (C=O) groups excluding carboxylic acids is 2. The lowest BCUT2D eigenvalue weighted by Crippen LogP contribution is -2.43. The van der Waals surface area contributed by atoms with Crippen molar-refractivity contribution in [1.29, 1.82) is 0 Å². The van der Waals surface area contributed by atoms with Gasteiger partial charge in [-0.3, -0.25) is 9.59 Å². The molecule has 1 saturated carbocycles. The van der Waals surface area contributed by atoms with Gasteiger partial charge in [0.15, 0.2) is 0 Å². The maximum atomic E-state index is 13.3. The Labute approximate surface area is 161 Å². The molecule has 2 aromatic carbocycles. The smallest absolute Gasteiger partial charge is 0.242 e. The first kappa shape index (κ1) is 19.2. The van der Waals surface area contributed by atoms with Crippen molar-refractivity contribution in [3.63, 3.8) is 0 Å². The highest BCUT2D eigenvalue weighted by molar-refractivity contribution is 6.18. The lowest BCUT2D eigenvalue weighted by molar-refractivity contribution is -0.132. The number of para-hydroxylation sites is 1. The molecular weight excluding hydrogens is 336 g/mol. The van der Waals surface area contributed by atoms with Gasteiger partial charge >= 0.3 is 0 Å². The minimum Gasteiger partial charge on any atom is -0.325 e. The van der Waals surface area contributed by atoms with Crippen molar-refractivity contribution >= 4 is 23.2 Å². The Morgan fingerprint density at radius 2 is 1.78 bits per heavy atom. The molecule has 1 aliphatic rings. The van der Waals surface area contributed by atoms with E-state index in [4.69, 9.17) is 0 Å². The maximum Gasteiger partial charge on any atom is 0.242 e. The van der Waals surface area contributed by atoms with E-state index in [1.807, 2.05) is 63.2 Å². The molecule has 4 heteroatoms. The molecule has 0 radical (unpaired) electrons. The molecule has 0 aliphatic heterocycles. The Hall–Kier alpha value is -2.62. The second-order valence-electron chi connectivity index (χ2n) is 7.39. The highest BCUT2D eigenvalue weighted by Crippen LogP contribution is 2.49. The number of benzene rings is 2. The van der Waals surface area contributed by atoms with Gasteiger partial charge in [0.05, 0.1) is 0 Å². The van der Waals surface area contributed by atoms with Crippen LogP contribution in [0.4, 0.5) is 11.4 Å². The van der Waals surface area contributed by atoms with Crippen LogP contribution in [0.2, 0.25) is 0 Å². The third-order valence-electron chi connectivity index (χ3n) is 5.45. The van der Waals surface area contributed by atoms with Crippen LogP contribution >= 0.6 is 0 Å². The maximum absolute atomic E-state index is 13.3. The number of carbonyl (C=O) groups is 2. The molecule has 3 rings (SSSR count). The van der Waals surface area contributed by atoms with Crippen molar-refractivity contribution < 1.29 is 9.59 Å². The van der Waals surface area contributed by atoms with Crippen LogP contribution in [0.25, 0.3) is 0 Å². The molecule has 0 saturated heterocycles. The molecule has 2 aromatic rings. The van der Waals surface area contributed by atoms with E-state index >= 15 is 0 Å². The third-order valence-corrected chi connectivity index (χ3v) is 5.45. The van der Waals surface area contributed by atoms with E-state index in [2.05, 4.69) is 12.2 Å². The number of amides is 2. The van der Waals surface area contributed by atoms with E-state index in [9.17, 15) is 9.59 Å². The van der Waals surface area contributed by atoms with Crippen LogP contribution < -0.4 is 10.2 Å². The summed E-state index contributed by atoms with van der Waals surface area (Å²) in [7, 11) is 0. The first-order valence-corrected chi connectivity index (χ1v) is 9.71. The molecule has 0 heterocycles. The number of nitrogens with zero attached hydrogens (tertiary/aromatic N) is 1. The van der Waals surface area contributed by atoms with Crippen molar-refractivity contribution in [3.8, 4) is 0 Å². The minimum atomic E-state index is -0.937. The Kier molecular flexibility index (Phi) is 5.36. The van der Waals surface area contributed by atoms with Gasteiger partial charge in [-0.25, -0.2) is 0 Å². The van der Waals surface area contributed by atoms with Gasteiger partial charge in [0.25, 0.3) is 0 Å². The standard InChI is InChI=1S/C23H28N2O2/c1-5-18-11-8-10-17(4)20(18)24-21(26)23(13-14-23)22(27)25(6-2)19-12-7-9-16(3)15-19/h7-12,15H,5-6,13-14H2,1-4H3,(H,24,26). The van der Waals surface area contributed by atoms with E-state index in [1.165, 1.54) is 0 Å². The Morgan fingerprint density at radius 3 is 2.37 bits per heavy atom. The molecule has 4 nitrogen and oxygen atoms in total. The molecule has 1 fully saturated rings. The molecule has 27 heavy (non-hydrogen) atoms. The van der Waals surface area contributed by atoms with Gasteiger partial charge in [0, 0.05) is 17.9 Å². The van der Waals surface area contributed by atoms with Gasteiger partial charge < -0.3 is 10.2 Å². The van der Waals surface area contributed by atoms with Crippen molar-refractivity contribution in [3.05, 3.63) is 59.2 Å². The van der Waals surface area contributed by atoms with Crippen LogP contribution in [0.1, 0.15) is 43.4 Å². The summed E-state index contributed by atoms with van der Waals surface area (Å²) in [5.74, 6) is -0.276. The van der Waals surface area contributed by atoms with E-state index in [-0.39, 0.29) is 11.8 Å². The number of rotatable bonds is 6. The Balaban J connectivity index is 1.86. The first-order valence-electron chi connectivity index (χ1n) is 9.71. The first-order chi connectivity index (χ1) is 12.9. The predicted octanol–water partition coefficient (Wildman–Crippen LogP) is 4.64. The number of anilines is 2. The average Bonchev–Trinajstić information content (AvgIpc) is 3.46. The minimum absolute atomic E-state index is 0.0975. The number of hydrogen-bond donors (Lipinski definition) is 1. The van der Waals surface area contributed by atoms with E-state index in [0.29, 0.717) is 19.4 Å². The molecule has 0 atom stereocenters. The summed E-state index contributed by atoms with van der Waals surface area (Å²) < 4.78 is 0. The molecule has 2 amide bonds. The molecule has 0 spiro atoms. The SMILES string of the molecule is CCc1cccc(C)c1NC(=O)C1(C(=O)N(CC)c2cccc(C)c2)CC1. The molecule has 0 aromatic heterocycles. The average molecular weight is 364 g/mol. The highest BCUT2D eigenvalue weighted by Gasteiger charge is 2.58. The Morgan fingerprint density at radius 1 is 1.07 bits per heavy atom. The van der Waals surface area contributed by atoms with Crippen LogP contribution in [0, 0.1) is 19.3 Å². The summed E-state index contributed by atoms with van der Waals surface area (Å²) >= 11 is 0. The second kappa shape index (κ2) is 7.55. The fraction of sp³-hybridized carbons (Fsp3) is 0.391. The zero-order chi connectivity index (χ0) is 19.6. The molecule has 0 bridgehead atoms. The van der Waals surface area contributed by atoms with Crippen LogP contribution in [0.15, 0.2) is 42.5 Å². The predicted molar refractivity (Wildman–Crippen MR) is 110 cm³/mol. The van der Waals surface area contributed by atoms with Crippen LogP contribution in [0.3, 0.4) is 0 Å². The largest absolute Gasteiger partial charge is 0.325 e. The van der Waals surface area contributed by atoms with E-state index in [0.717, 1.165) is 34.5 Å². The van der Waals surface area contributed by atoms with Gasteiger partial charge in [0.2, 0.25) is 11.8 Å². The van der Waals surface area contributed by atoms with Gasteiger partial charge in [-0.1, -0.05) is 37.3 Å². The molecular formula is C23H28N2O2. The molecule has 1 N–H and O–H groups in total. The lowest BCUT2D eigenvalue weighted by Gasteiger charge is -2.26. The number of hydrogen-bond acceptors (Lipinski definition) is 2. The van der Waals surface area contributed by atoms with Gasteiger partial charge in [-0.15, -0.1) is 0 Å². The normalized spacial score (nSPS) is 14.5. The van der Waals surface area contributed by atoms with Crippen LogP contribution in [-0.2, 0) is 16.0 Å². The fourth-order valence-electron chi connectivity index (χ4n) is 3.60. The van der Waals surface area contributed by atoms with Crippen molar-refractivity contribution in [2.24, 2.45) is 5.41 Å². The third kappa shape index (κ3) is 3.61. The highest BCUT2D eigenvalue weighted by atomic mass is 16.2. The van der Waals surface area contributed by atoms with Crippen molar-refractivity contribution in [2.45, 2.75) is 47.0 Å². The summed E-state index contributed by atoms with van der Waals surface area (Å²) in [5, 5.41) is 3.07. The number of nitrogens with one attached hydrogen (secondary N) is 1. The monoisotopic (exact) mass is 364 g/mol. The quantitative estimate of drug-likeness (QED) is 0.759. The summed E-state index contributed by atoms with van der Waals surface area (Å²) in [6, 6.07) is 13.9. The van der Waals surface area contributed by atoms with Crippen molar-refractivity contribution in [2.75, 3.05) is 16.8 Å². The fourth-order valence-corrected chi connectivity index (χ4v) is 3.60. The topological polar surface area (TPSA) is 49.4 Å². The second-order valence-corrected chi connectivity index (χ2v) is 7.39. The summed E-state index contributed by atoms with van der Waals surface area (Å²) in [6.45, 7) is 8.55. The van der Waals surface area contributed by atoms with E-state index in [1.54, 1.807) is 4.90 Å². The Bertz CT molecular complexity index is 868. The van der Waals surface area contributed by atoms with Crippen molar-refractivity contribution in [1.82, 2.24) is 0 Å². The summed E-state index contributed by atoms with van der Waals surface area (Å²) in [4.78, 5) is 28.2. The van der Waals surface area contributed by atoms with Crippen LogP contribution in [-0.4, -0.2) is 18.4 Å². The lowest BCUT2D eigenvalue weighted by atomic mass is 10.0. The molecule has 142 valence electrons. The van der Waals surface area contributed by atoms with Crippen LogP contribution in [0.5, 0.6) is 0 Å². The van der Waals surface area contributed by atoms with Gasteiger partial charge in [0.1, 0.15) is 5.41 Å². The van der Waals surface area contributed by atoms with Gasteiger partial charge in [-0.2, -0.15) is 0 Å². The zero-order valence-electron chi connectivity index (χ0n) is 16.6. The summed E-state index contributed by atoms with van der Waals surface area (Å²) in [6.07, 6.45) is 2.04. The molecule has 1 aliphatic carbocycles. The zero-order valence-corrected chi connectivity index (χ0v) is 16.6. The number of aryl methyl sites for hydroxylation is 3.